The van der Waals surface area contributed by atoms with Gasteiger partial charge in [0, 0.05) is 16.1 Å². The standard InChI is InChI=1S/C19H14Cl3N5O2/c1-28-15-3-2-9(16-12(7-23)18(24)27-19(25)26-16)4-10(15)8-29-17-13(21)5-11(20)6-14(17)22/h2-6H,8H2,1H3,(H4,24,25,26,27). The number of halogens is 3. The maximum atomic E-state index is 9.42. The molecule has 3 aromatic rings. The Kier molecular flexibility index (Phi) is 6.18. The van der Waals surface area contributed by atoms with Crippen molar-refractivity contribution in [3.63, 3.8) is 0 Å². The molecular formula is C19H14Cl3N5O2. The molecule has 1 aromatic heterocycles. The van der Waals surface area contributed by atoms with E-state index in [0.29, 0.717) is 33.3 Å². The molecule has 0 saturated carbocycles. The molecule has 10 heteroatoms. The van der Waals surface area contributed by atoms with Crippen molar-refractivity contribution >= 4 is 46.6 Å². The quantitative estimate of drug-likeness (QED) is 0.576. The maximum absolute atomic E-state index is 9.42. The van der Waals surface area contributed by atoms with Crippen molar-refractivity contribution in [3.05, 3.63) is 56.5 Å². The number of hydrogen-bond donors (Lipinski definition) is 2. The van der Waals surface area contributed by atoms with Crippen LogP contribution in [0.15, 0.2) is 30.3 Å². The minimum atomic E-state index is -0.0372. The number of nitrogens with two attached hydrogens (primary N) is 2. The average Bonchev–Trinajstić information content (AvgIpc) is 2.66. The highest BCUT2D eigenvalue weighted by molar-refractivity contribution is 6.40. The van der Waals surface area contributed by atoms with Gasteiger partial charge in [-0.15, -0.1) is 0 Å². The second-order valence-electron chi connectivity index (χ2n) is 5.82. The van der Waals surface area contributed by atoms with Crippen LogP contribution in [0.1, 0.15) is 11.1 Å². The van der Waals surface area contributed by atoms with Gasteiger partial charge in [-0.05, 0) is 30.3 Å². The fourth-order valence-corrected chi connectivity index (χ4v) is 3.60. The maximum Gasteiger partial charge on any atom is 0.222 e. The van der Waals surface area contributed by atoms with Crippen LogP contribution in [0, 0.1) is 11.3 Å². The largest absolute Gasteiger partial charge is 0.496 e. The van der Waals surface area contributed by atoms with Crippen LogP contribution < -0.4 is 20.9 Å². The van der Waals surface area contributed by atoms with Crippen LogP contribution in [-0.2, 0) is 6.61 Å². The van der Waals surface area contributed by atoms with Gasteiger partial charge in [-0.25, -0.2) is 4.98 Å². The number of rotatable bonds is 5. The molecule has 0 aliphatic heterocycles. The Balaban J connectivity index is 2.01. The van der Waals surface area contributed by atoms with E-state index in [-0.39, 0.29) is 34.0 Å². The molecule has 0 fully saturated rings. The minimum absolute atomic E-state index is 0.00310. The van der Waals surface area contributed by atoms with Gasteiger partial charge in [0.25, 0.3) is 0 Å². The zero-order valence-corrected chi connectivity index (χ0v) is 17.3. The van der Waals surface area contributed by atoms with Crippen LogP contribution in [0.25, 0.3) is 11.3 Å². The van der Waals surface area contributed by atoms with Gasteiger partial charge in [0.15, 0.2) is 5.75 Å². The summed E-state index contributed by atoms with van der Waals surface area (Å²) in [6.07, 6.45) is 0. The SMILES string of the molecule is COc1ccc(-c2nc(N)nc(N)c2C#N)cc1COc1c(Cl)cc(Cl)cc1Cl. The van der Waals surface area contributed by atoms with Crippen molar-refractivity contribution in [2.45, 2.75) is 6.61 Å². The van der Waals surface area contributed by atoms with Crippen LogP contribution in [0.5, 0.6) is 11.5 Å². The van der Waals surface area contributed by atoms with Gasteiger partial charge in [-0.3, -0.25) is 0 Å². The van der Waals surface area contributed by atoms with E-state index in [1.165, 1.54) is 19.2 Å². The lowest BCUT2D eigenvalue weighted by Crippen LogP contribution is -2.06. The Morgan fingerprint density at radius 2 is 1.76 bits per heavy atom. The van der Waals surface area contributed by atoms with Crippen molar-refractivity contribution < 1.29 is 9.47 Å². The van der Waals surface area contributed by atoms with Crippen molar-refractivity contribution in [1.29, 1.82) is 5.26 Å². The van der Waals surface area contributed by atoms with Crippen LogP contribution in [0.3, 0.4) is 0 Å². The summed E-state index contributed by atoms with van der Waals surface area (Å²) in [5.74, 6) is 0.815. The Morgan fingerprint density at radius 3 is 2.38 bits per heavy atom. The summed E-state index contributed by atoms with van der Waals surface area (Å²) in [4.78, 5) is 7.98. The number of nitrogens with zero attached hydrogens (tertiary/aromatic N) is 3. The van der Waals surface area contributed by atoms with Gasteiger partial charge in [-0.2, -0.15) is 10.2 Å². The molecule has 0 radical (unpaired) electrons. The highest BCUT2D eigenvalue weighted by atomic mass is 35.5. The molecule has 0 saturated heterocycles. The molecule has 3 rings (SSSR count). The van der Waals surface area contributed by atoms with E-state index in [1.807, 2.05) is 6.07 Å². The van der Waals surface area contributed by atoms with Gasteiger partial charge in [0.05, 0.1) is 22.8 Å². The third kappa shape index (κ3) is 4.40. The third-order valence-corrected chi connectivity index (χ3v) is 4.73. The molecule has 148 valence electrons. The normalized spacial score (nSPS) is 10.4. The fraction of sp³-hybridized carbons (Fsp3) is 0.105. The lowest BCUT2D eigenvalue weighted by Gasteiger charge is -2.14. The van der Waals surface area contributed by atoms with Crippen molar-refractivity contribution in [3.8, 4) is 28.8 Å². The number of nitrogen functional groups attached to an aromatic ring is 2. The second-order valence-corrected chi connectivity index (χ2v) is 7.07. The van der Waals surface area contributed by atoms with Crippen LogP contribution in [0.2, 0.25) is 15.1 Å². The minimum Gasteiger partial charge on any atom is -0.496 e. The summed E-state index contributed by atoms with van der Waals surface area (Å²) in [6.45, 7) is 0.0794. The van der Waals surface area contributed by atoms with E-state index in [0.717, 1.165) is 0 Å². The van der Waals surface area contributed by atoms with Crippen LogP contribution >= 0.6 is 34.8 Å². The number of ether oxygens (including phenoxy) is 2. The Labute approximate surface area is 181 Å². The van der Waals surface area contributed by atoms with Gasteiger partial charge in [0.2, 0.25) is 5.95 Å². The fourth-order valence-electron chi connectivity index (χ4n) is 2.67. The predicted molar refractivity (Wildman–Crippen MR) is 113 cm³/mol. The third-order valence-electron chi connectivity index (χ3n) is 3.96. The van der Waals surface area contributed by atoms with E-state index < -0.39 is 0 Å². The molecule has 0 aliphatic rings. The lowest BCUT2D eigenvalue weighted by molar-refractivity contribution is 0.297. The predicted octanol–water partition coefficient (Wildman–Crippen LogP) is 4.73. The van der Waals surface area contributed by atoms with E-state index in [4.69, 9.17) is 55.7 Å². The topological polar surface area (TPSA) is 120 Å². The van der Waals surface area contributed by atoms with E-state index in [2.05, 4.69) is 9.97 Å². The summed E-state index contributed by atoms with van der Waals surface area (Å²) in [5, 5.41) is 10.4. The zero-order valence-electron chi connectivity index (χ0n) is 15.0. The summed E-state index contributed by atoms with van der Waals surface area (Å²) in [6, 6.07) is 10.3. The Hall–Kier alpha value is -2.92. The Bertz CT molecular complexity index is 1110. The van der Waals surface area contributed by atoms with E-state index >= 15 is 0 Å². The first-order valence-electron chi connectivity index (χ1n) is 8.11. The first-order chi connectivity index (χ1) is 13.8. The molecule has 0 amide bonds. The van der Waals surface area contributed by atoms with Gasteiger partial charge in [0.1, 0.15) is 29.8 Å². The smallest absolute Gasteiger partial charge is 0.222 e. The molecule has 0 unspecified atom stereocenters. The molecule has 0 atom stereocenters. The number of nitriles is 1. The van der Waals surface area contributed by atoms with E-state index in [1.54, 1.807) is 18.2 Å². The summed E-state index contributed by atoms with van der Waals surface area (Å²) < 4.78 is 11.2. The molecule has 2 aromatic carbocycles. The second kappa shape index (κ2) is 8.62. The number of benzene rings is 2. The van der Waals surface area contributed by atoms with Gasteiger partial charge >= 0.3 is 0 Å². The molecule has 0 spiro atoms. The number of aromatic nitrogens is 2. The first-order valence-corrected chi connectivity index (χ1v) is 9.25. The first kappa shape index (κ1) is 20.8. The average molecular weight is 451 g/mol. The summed E-state index contributed by atoms with van der Waals surface area (Å²) >= 11 is 18.3. The van der Waals surface area contributed by atoms with E-state index in [9.17, 15) is 5.26 Å². The van der Waals surface area contributed by atoms with Gasteiger partial charge < -0.3 is 20.9 Å². The monoisotopic (exact) mass is 449 g/mol. The molecule has 7 nitrogen and oxygen atoms in total. The zero-order chi connectivity index (χ0) is 21.1. The highest BCUT2D eigenvalue weighted by Crippen LogP contribution is 2.37. The molecule has 0 aliphatic carbocycles. The van der Waals surface area contributed by atoms with Gasteiger partial charge in [-0.1, -0.05) is 34.8 Å². The molecule has 0 bridgehead atoms. The van der Waals surface area contributed by atoms with Crippen molar-refractivity contribution in [2.75, 3.05) is 18.6 Å². The number of methoxy groups -OCH3 is 1. The van der Waals surface area contributed by atoms with Crippen LogP contribution in [0.4, 0.5) is 11.8 Å². The number of hydrogen-bond acceptors (Lipinski definition) is 7. The molecular weight excluding hydrogens is 437 g/mol. The van der Waals surface area contributed by atoms with Crippen LogP contribution in [-0.4, -0.2) is 17.1 Å². The Morgan fingerprint density at radius 1 is 1.07 bits per heavy atom. The summed E-state index contributed by atoms with van der Waals surface area (Å²) in [5.41, 5.74) is 13.2. The molecule has 1 heterocycles. The molecule has 29 heavy (non-hydrogen) atoms. The number of anilines is 2. The van der Waals surface area contributed by atoms with Crippen molar-refractivity contribution in [1.82, 2.24) is 9.97 Å². The molecule has 4 N–H and O–H groups in total. The summed E-state index contributed by atoms with van der Waals surface area (Å²) in [7, 11) is 1.53. The lowest BCUT2D eigenvalue weighted by atomic mass is 10.0. The highest BCUT2D eigenvalue weighted by Gasteiger charge is 2.16. The van der Waals surface area contributed by atoms with Crippen molar-refractivity contribution in [2.24, 2.45) is 0 Å².